The van der Waals surface area contributed by atoms with E-state index in [2.05, 4.69) is 20.8 Å². The van der Waals surface area contributed by atoms with E-state index in [0.717, 1.165) is 11.6 Å². The number of rotatable bonds is 32. The second-order valence-corrected chi connectivity index (χ2v) is 12.3. The molecule has 0 radical (unpaired) electrons. The third-order valence-corrected chi connectivity index (χ3v) is 8.65. The van der Waals surface area contributed by atoms with Crippen LogP contribution in [0.5, 0.6) is 0 Å². The zero-order valence-electron chi connectivity index (χ0n) is 26.8. The molecule has 0 heterocycles. The van der Waals surface area contributed by atoms with Crippen LogP contribution in [0.1, 0.15) is 213 Å². The van der Waals surface area contributed by atoms with Gasteiger partial charge in [-0.2, -0.15) is 5.06 Å². The topological polar surface area (TPSA) is 24.7 Å². The first-order valence-electron chi connectivity index (χ1n) is 17.8. The molecule has 0 aliphatic carbocycles. The van der Waals surface area contributed by atoms with Crippen LogP contribution in [0.15, 0.2) is 0 Å². The van der Waals surface area contributed by atoms with Crippen LogP contribution in [-0.2, 0) is 0 Å². The third-order valence-electron chi connectivity index (χ3n) is 8.65. The summed E-state index contributed by atoms with van der Waals surface area (Å²) in [5.74, 6) is 0. The van der Waals surface area contributed by atoms with Crippen molar-refractivity contribution in [3.05, 3.63) is 0 Å². The Balaban J connectivity index is 0. The first-order valence-corrected chi connectivity index (χ1v) is 17.8. The van der Waals surface area contributed by atoms with Gasteiger partial charge < -0.3 is 12.4 Å². The van der Waals surface area contributed by atoms with Gasteiger partial charge in [-0.05, 0) is 19.8 Å². The van der Waals surface area contributed by atoms with Gasteiger partial charge in [0.15, 0.2) is 0 Å². The minimum Gasteiger partial charge on any atom is -1.00 e. The van der Waals surface area contributed by atoms with Gasteiger partial charge in [0, 0.05) is 12.8 Å². The molecule has 232 valence electrons. The third kappa shape index (κ3) is 30.7. The van der Waals surface area contributed by atoms with Gasteiger partial charge >= 0.3 is 0 Å². The highest BCUT2D eigenvalue weighted by atomic mass is 35.5. The summed E-state index contributed by atoms with van der Waals surface area (Å²) in [4.78, 5) is 0. The van der Waals surface area contributed by atoms with Crippen molar-refractivity contribution in [2.75, 3.05) is 6.54 Å². The maximum absolute atomic E-state index is 10.4. The van der Waals surface area contributed by atoms with E-state index in [0.29, 0.717) is 6.04 Å². The molecule has 0 amide bonds. The molecule has 0 aromatic heterocycles. The van der Waals surface area contributed by atoms with E-state index in [1.807, 2.05) is 0 Å². The fourth-order valence-corrected chi connectivity index (χ4v) is 5.94. The van der Waals surface area contributed by atoms with E-state index < -0.39 is 0 Å². The van der Waals surface area contributed by atoms with Crippen molar-refractivity contribution >= 4 is 0 Å². The van der Waals surface area contributed by atoms with Crippen molar-refractivity contribution in [2.45, 2.75) is 219 Å². The molecule has 1 unspecified atom stereocenters. The molecular formula is C35H74ClNO. The maximum atomic E-state index is 10.4. The van der Waals surface area contributed by atoms with Crippen LogP contribution in [-0.4, -0.2) is 17.8 Å². The van der Waals surface area contributed by atoms with Crippen molar-refractivity contribution < 1.29 is 22.7 Å². The van der Waals surface area contributed by atoms with Crippen LogP contribution in [0, 0.1) is 0 Å². The molecule has 1 atom stereocenters. The zero-order valence-corrected chi connectivity index (χ0v) is 27.6. The van der Waals surface area contributed by atoms with Crippen LogP contribution in [0.25, 0.3) is 0 Å². The number of quaternary nitrogens is 1. The summed E-state index contributed by atoms with van der Waals surface area (Å²) >= 11 is 0. The van der Waals surface area contributed by atoms with Crippen molar-refractivity contribution in [2.24, 2.45) is 0 Å². The number of nitrogens with one attached hydrogen (secondary N) is 1. The minimum absolute atomic E-state index is 0. The molecule has 0 bridgehead atoms. The monoisotopic (exact) mass is 560 g/mol. The number of unbranched alkanes of at least 4 members (excludes halogenated alkanes) is 26. The fraction of sp³-hybridized carbons (Fsp3) is 1.00. The second kappa shape index (κ2) is 35.2. The Morgan fingerprint density at radius 2 is 0.579 bits per heavy atom. The van der Waals surface area contributed by atoms with Crippen molar-refractivity contribution in [1.82, 2.24) is 0 Å². The van der Waals surface area contributed by atoms with Crippen molar-refractivity contribution in [1.29, 1.82) is 0 Å². The summed E-state index contributed by atoms with van der Waals surface area (Å²) in [5, 5.41) is 11.2. The average Bonchev–Trinajstić information content (AvgIpc) is 2.91. The Bertz CT molecular complexity index is 373. The van der Waals surface area contributed by atoms with Gasteiger partial charge in [0.1, 0.15) is 12.6 Å². The van der Waals surface area contributed by atoms with Gasteiger partial charge in [-0.25, -0.2) is 5.21 Å². The molecule has 0 aromatic carbocycles. The lowest BCUT2D eigenvalue weighted by molar-refractivity contribution is -1.11. The fourth-order valence-electron chi connectivity index (χ4n) is 5.94. The van der Waals surface area contributed by atoms with Gasteiger partial charge in [-0.3, -0.25) is 0 Å². The lowest BCUT2D eigenvalue weighted by Gasteiger charge is -2.21. The average molecular weight is 560 g/mol. The molecule has 3 heteroatoms. The maximum Gasteiger partial charge on any atom is 0.117 e. The quantitative estimate of drug-likeness (QED) is 0.0627. The highest BCUT2D eigenvalue weighted by Crippen LogP contribution is 2.16. The molecule has 0 aliphatic heterocycles. The Labute approximate surface area is 248 Å². The van der Waals surface area contributed by atoms with Crippen LogP contribution in [0.4, 0.5) is 0 Å². The second-order valence-electron chi connectivity index (χ2n) is 12.3. The molecule has 0 saturated carbocycles. The van der Waals surface area contributed by atoms with E-state index in [4.69, 9.17) is 0 Å². The van der Waals surface area contributed by atoms with Gasteiger partial charge in [0.25, 0.3) is 0 Å². The molecule has 0 rings (SSSR count). The summed E-state index contributed by atoms with van der Waals surface area (Å²) < 4.78 is 0. The van der Waals surface area contributed by atoms with Gasteiger partial charge in [-0.15, -0.1) is 0 Å². The summed E-state index contributed by atoms with van der Waals surface area (Å²) in [6.07, 6.45) is 42.2. The van der Waals surface area contributed by atoms with E-state index in [9.17, 15) is 5.21 Å². The Morgan fingerprint density at radius 1 is 0.368 bits per heavy atom. The number of hydrogen-bond donors (Lipinski definition) is 2. The lowest BCUT2D eigenvalue weighted by atomic mass is 9.99. The minimum atomic E-state index is 0. The van der Waals surface area contributed by atoms with Crippen molar-refractivity contribution in [3.63, 3.8) is 0 Å². The predicted octanol–water partition coefficient (Wildman–Crippen LogP) is 8.40. The number of halogens is 1. The largest absolute Gasteiger partial charge is 1.00 e. The molecular weight excluding hydrogens is 486 g/mol. The molecule has 2 N–H and O–H groups in total. The zero-order chi connectivity index (χ0) is 27.1. The summed E-state index contributed by atoms with van der Waals surface area (Å²) in [7, 11) is 0. The summed E-state index contributed by atoms with van der Waals surface area (Å²) in [5.41, 5.74) is 0. The van der Waals surface area contributed by atoms with Crippen molar-refractivity contribution in [3.8, 4) is 0 Å². The van der Waals surface area contributed by atoms with Crippen LogP contribution in [0.3, 0.4) is 0 Å². The summed E-state index contributed by atoms with van der Waals surface area (Å²) in [6.45, 7) is 7.57. The molecule has 0 fully saturated rings. The van der Waals surface area contributed by atoms with E-state index >= 15 is 0 Å². The molecule has 0 spiro atoms. The highest BCUT2D eigenvalue weighted by molar-refractivity contribution is 4.58. The molecule has 38 heavy (non-hydrogen) atoms. The van der Waals surface area contributed by atoms with Gasteiger partial charge in [-0.1, -0.05) is 181 Å². The molecule has 0 aliphatic rings. The number of hydroxylamine groups is 2. The normalized spacial score (nSPS) is 12.2. The molecule has 2 nitrogen and oxygen atoms in total. The van der Waals surface area contributed by atoms with E-state index in [-0.39, 0.29) is 12.4 Å². The molecule has 0 aromatic rings. The Morgan fingerprint density at radius 3 is 0.789 bits per heavy atom. The number of hydrogen-bond acceptors (Lipinski definition) is 1. The Kier molecular flexibility index (Phi) is 37.4. The Hall–Kier alpha value is 0.210. The molecule has 0 saturated heterocycles. The lowest BCUT2D eigenvalue weighted by Crippen LogP contribution is -3.13. The van der Waals surface area contributed by atoms with Crippen LogP contribution in [0.2, 0.25) is 0 Å². The first kappa shape index (κ1) is 40.3. The standard InChI is InChI=1S/C35H73NO.ClH/c1-4-7-9-11-13-15-17-19-21-23-25-27-29-31-33-35(36(37)6-3)34-32-30-28-26-24-22-20-18-16-14-12-10-8-5-2;/h35,37H,4-34H2,1-3H3;1H. The van der Waals surface area contributed by atoms with Gasteiger partial charge in [0.05, 0.1) is 0 Å². The van der Waals surface area contributed by atoms with E-state index in [1.54, 1.807) is 0 Å². The predicted molar refractivity (Wildman–Crippen MR) is 167 cm³/mol. The van der Waals surface area contributed by atoms with Gasteiger partial charge in [0.2, 0.25) is 0 Å². The SMILES string of the molecule is CCCCCCCCCCCCCCCCC(CCCCCCCCCCCCCCCC)[NH+](O)CC.[Cl-]. The van der Waals surface area contributed by atoms with Crippen LogP contribution < -0.4 is 17.5 Å². The van der Waals surface area contributed by atoms with Crippen LogP contribution >= 0.6 is 0 Å². The summed E-state index contributed by atoms with van der Waals surface area (Å²) in [6, 6.07) is 0.472. The van der Waals surface area contributed by atoms with E-state index in [1.165, 1.54) is 193 Å². The first-order chi connectivity index (χ1) is 18.3. The smallest absolute Gasteiger partial charge is 0.117 e. The highest BCUT2D eigenvalue weighted by Gasteiger charge is 2.18.